The SMILES string of the molecule is [B]SOc1ccc(NCc2ccc(C(=O)OC)c(OC)c2)c(NC(=O)c2ccc(OCCN3CCCC3)cc2)c1. The van der Waals surface area contributed by atoms with Crippen molar-refractivity contribution in [2.75, 3.05) is 51.1 Å². The van der Waals surface area contributed by atoms with Gasteiger partial charge in [-0.15, -0.1) is 0 Å². The first-order valence-electron chi connectivity index (χ1n) is 12.9. The summed E-state index contributed by atoms with van der Waals surface area (Å²) in [5.41, 5.74) is 2.87. The minimum Gasteiger partial charge on any atom is -0.496 e. The quantitative estimate of drug-likeness (QED) is 0.171. The van der Waals surface area contributed by atoms with Gasteiger partial charge in [0, 0.05) is 24.7 Å². The summed E-state index contributed by atoms with van der Waals surface area (Å²) in [7, 11) is 8.28. The fourth-order valence-corrected chi connectivity index (χ4v) is 4.62. The molecule has 2 N–H and O–H groups in total. The summed E-state index contributed by atoms with van der Waals surface area (Å²) in [6, 6.07) is 17.5. The summed E-state index contributed by atoms with van der Waals surface area (Å²) < 4.78 is 21.4. The maximum Gasteiger partial charge on any atom is 0.341 e. The molecule has 1 aliphatic heterocycles. The molecule has 11 heteroatoms. The van der Waals surface area contributed by atoms with Crippen LogP contribution in [0.25, 0.3) is 0 Å². The van der Waals surface area contributed by atoms with Crippen molar-refractivity contribution in [2.45, 2.75) is 19.4 Å². The van der Waals surface area contributed by atoms with Crippen molar-refractivity contribution >= 4 is 42.3 Å². The number of benzene rings is 3. The smallest absolute Gasteiger partial charge is 0.341 e. The van der Waals surface area contributed by atoms with Crippen molar-refractivity contribution < 1.29 is 28.0 Å². The van der Waals surface area contributed by atoms with E-state index in [0.29, 0.717) is 47.2 Å². The van der Waals surface area contributed by atoms with Crippen molar-refractivity contribution in [1.82, 2.24) is 4.90 Å². The second kappa shape index (κ2) is 14.5. The van der Waals surface area contributed by atoms with E-state index in [4.69, 9.17) is 25.5 Å². The van der Waals surface area contributed by atoms with E-state index in [1.54, 1.807) is 60.7 Å². The number of hydrogen-bond donors (Lipinski definition) is 2. The summed E-state index contributed by atoms with van der Waals surface area (Å²) >= 11 is 0.719. The maximum absolute atomic E-state index is 13.1. The van der Waals surface area contributed by atoms with Gasteiger partial charge in [0.05, 0.1) is 25.6 Å². The van der Waals surface area contributed by atoms with Crippen molar-refractivity contribution in [3.8, 4) is 17.2 Å². The number of carbonyl (C=O) groups excluding carboxylic acids is 2. The molecule has 0 atom stereocenters. The molecule has 0 aromatic heterocycles. The Balaban J connectivity index is 1.42. The normalized spacial score (nSPS) is 12.9. The van der Waals surface area contributed by atoms with Crippen LogP contribution in [0.3, 0.4) is 0 Å². The van der Waals surface area contributed by atoms with E-state index in [1.165, 1.54) is 27.1 Å². The fourth-order valence-electron chi connectivity index (χ4n) is 4.41. The van der Waals surface area contributed by atoms with E-state index in [0.717, 1.165) is 42.8 Å². The second-order valence-electron chi connectivity index (χ2n) is 9.14. The zero-order valence-corrected chi connectivity index (χ0v) is 23.4. The fraction of sp³-hybridized carbons (Fsp3) is 0.310. The Hall–Kier alpha value is -3.83. The topological polar surface area (TPSA) is 98.4 Å². The van der Waals surface area contributed by atoms with E-state index in [-0.39, 0.29) is 5.91 Å². The van der Waals surface area contributed by atoms with Crippen LogP contribution in [0.1, 0.15) is 39.1 Å². The van der Waals surface area contributed by atoms with E-state index in [9.17, 15) is 9.59 Å². The average molecular weight is 561 g/mol. The lowest BCUT2D eigenvalue weighted by molar-refractivity contribution is 0.0597. The molecule has 208 valence electrons. The van der Waals surface area contributed by atoms with Crippen LogP contribution in [-0.4, -0.2) is 64.4 Å². The second-order valence-corrected chi connectivity index (χ2v) is 9.50. The predicted molar refractivity (Wildman–Crippen MR) is 158 cm³/mol. The number of amides is 1. The standard InChI is InChI=1S/C29H32BN3O6S/c1-36-27-17-20(5-11-24(27)29(35)37-2)19-31-25-12-10-23(39-40-30)18-26(25)32-28(34)21-6-8-22(9-7-21)38-16-15-33-13-3-4-14-33/h5-12,17-18,31H,3-4,13-16,19H2,1-2H3,(H,32,34). The van der Waals surface area contributed by atoms with Gasteiger partial charge in [-0.1, -0.05) is 6.07 Å². The van der Waals surface area contributed by atoms with Gasteiger partial charge < -0.3 is 29.0 Å². The summed E-state index contributed by atoms with van der Waals surface area (Å²) in [6.07, 6.45) is 2.50. The molecule has 1 aliphatic rings. The number of nitrogens with zero attached hydrogens (tertiary/aromatic N) is 1. The Morgan fingerprint density at radius 2 is 1.70 bits per heavy atom. The number of carbonyl (C=O) groups is 2. The summed E-state index contributed by atoms with van der Waals surface area (Å²) in [5, 5.41) is 6.27. The monoisotopic (exact) mass is 561 g/mol. The molecule has 4 rings (SSSR count). The zero-order chi connectivity index (χ0) is 28.3. The summed E-state index contributed by atoms with van der Waals surface area (Å²) in [6.45, 7) is 4.18. The molecule has 3 aromatic rings. The lowest BCUT2D eigenvalue weighted by Gasteiger charge is -2.16. The van der Waals surface area contributed by atoms with Crippen molar-refractivity contribution in [3.05, 3.63) is 77.4 Å². The van der Waals surface area contributed by atoms with Gasteiger partial charge in [-0.05, 0) is 91.9 Å². The average Bonchev–Trinajstić information content (AvgIpc) is 3.50. The third kappa shape index (κ3) is 7.86. The molecule has 0 saturated carbocycles. The number of methoxy groups -OCH3 is 2. The summed E-state index contributed by atoms with van der Waals surface area (Å²) in [4.78, 5) is 27.5. The predicted octanol–water partition coefficient (Wildman–Crippen LogP) is 4.93. The Bertz CT molecular complexity index is 1300. The van der Waals surface area contributed by atoms with Gasteiger partial charge in [-0.2, -0.15) is 0 Å². The Morgan fingerprint density at radius 1 is 0.950 bits per heavy atom. The largest absolute Gasteiger partial charge is 0.496 e. The molecule has 1 heterocycles. The van der Waals surface area contributed by atoms with Crippen molar-refractivity contribution in [2.24, 2.45) is 0 Å². The first kappa shape index (κ1) is 29.2. The molecule has 0 bridgehead atoms. The van der Waals surface area contributed by atoms with Gasteiger partial charge in [0.1, 0.15) is 29.4 Å². The molecule has 3 aromatic carbocycles. The number of ether oxygens (including phenoxy) is 3. The highest BCUT2D eigenvalue weighted by Crippen LogP contribution is 2.30. The van der Waals surface area contributed by atoms with E-state index in [1.807, 2.05) is 0 Å². The molecule has 1 saturated heterocycles. The van der Waals surface area contributed by atoms with Crippen molar-refractivity contribution in [1.29, 1.82) is 0 Å². The molecule has 9 nitrogen and oxygen atoms in total. The van der Waals surface area contributed by atoms with Crippen LogP contribution in [-0.2, 0) is 11.3 Å². The lowest BCUT2D eigenvalue weighted by atomic mass is 10.1. The molecule has 1 fully saturated rings. The number of nitrogens with one attached hydrogen (secondary N) is 2. The van der Waals surface area contributed by atoms with Gasteiger partial charge >= 0.3 is 5.97 Å². The first-order valence-corrected chi connectivity index (χ1v) is 13.7. The highest BCUT2D eigenvalue weighted by atomic mass is 32.2. The molecule has 0 unspecified atom stereocenters. The lowest BCUT2D eigenvalue weighted by Crippen LogP contribution is -2.25. The Labute approximate surface area is 240 Å². The van der Waals surface area contributed by atoms with Crippen LogP contribution >= 0.6 is 11.9 Å². The molecule has 0 spiro atoms. The van der Waals surface area contributed by atoms with Crippen LogP contribution < -0.4 is 24.3 Å². The van der Waals surface area contributed by atoms with Gasteiger partial charge in [0.2, 0.25) is 7.12 Å². The van der Waals surface area contributed by atoms with Crippen LogP contribution in [0.2, 0.25) is 0 Å². The van der Waals surface area contributed by atoms with Crippen LogP contribution in [0.4, 0.5) is 11.4 Å². The van der Waals surface area contributed by atoms with E-state index >= 15 is 0 Å². The molecular formula is C29H32BN3O6S. The first-order chi connectivity index (χ1) is 19.5. The van der Waals surface area contributed by atoms with Crippen LogP contribution in [0.5, 0.6) is 17.2 Å². The third-order valence-corrected chi connectivity index (χ3v) is 6.82. The zero-order valence-electron chi connectivity index (χ0n) is 22.6. The molecule has 0 aliphatic carbocycles. The van der Waals surface area contributed by atoms with E-state index in [2.05, 4.69) is 15.5 Å². The highest BCUT2D eigenvalue weighted by molar-refractivity contribution is 8.16. The number of esters is 1. The summed E-state index contributed by atoms with van der Waals surface area (Å²) in [5.74, 6) is 0.859. The minimum absolute atomic E-state index is 0.284. The molecule has 1 amide bonds. The van der Waals surface area contributed by atoms with Crippen molar-refractivity contribution in [3.63, 3.8) is 0 Å². The molecule has 2 radical (unpaired) electrons. The van der Waals surface area contributed by atoms with Crippen LogP contribution in [0.15, 0.2) is 60.7 Å². The Morgan fingerprint density at radius 3 is 2.40 bits per heavy atom. The number of hydrogen-bond acceptors (Lipinski definition) is 9. The molecule has 40 heavy (non-hydrogen) atoms. The number of anilines is 2. The number of rotatable bonds is 13. The Kier molecular flexibility index (Phi) is 10.6. The highest BCUT2D eigenvalue weighted by Gasteiger charge is 2.15. The molecular weight excluding hydrogens is 529 g/mol. The van der Waals surface area contributed by atoms with Gasteiger partial charge in [-0.3, -0.25) is 9.69 Å². The third-order valence-electron chi connectivity index (χ3n) is 6.53. The van der Waals surface area contributed by atoms with Gasteiger partial charge in [-0.25, -0.2) is 4.79 Å². The maximum atomic E-state index is 13.1. The number of likely N-dealkylation sites (tertiary alicyclic amines) is 1. The van der Waals surface area contributed by atoms with Gasteiger partial charge in [0.15, 0.2) is 0 Å². The minimum atomic E-state index is -0.476. The van der Waals surface area contributed by atoms with Gasteiger partial charge in [0.25, 0.3) is 5.91 Å². The van der Waals surface area contributed by atoms with E-state index < -0.39 is 5.97 Å². The van der Waals surface area contributed by atoms with Crippen LogP contribution in [0, 0.1) is 0 Å².